The second kappa shape index (κ2) is 6.55. The van der Waals surface area contributed by atoms with Gasteiger partial charge in [-0.2, -0.15) is 13.2 Å². The maximum atomic E-state index is 12.8. The number of carboxylic acid groups (broad SMARTS) is 1. The van der Waals surface area contributed by atoms with Gasteiger partial charge in [0.25, 0.3) is 0 Å². The van der Waals surface area contributed by atoms with Crippen LogP contribution in [0.4, 0.5) is 13.2 Å². The summed E-state index contributed by atoms with van der Waals surface area (Å²) >= 11 is 17.8. The van der Waals surface area contributed by atoms with Crippen molar-refractivity contribution < 1.29 is 23.1 Å². The van der Waals surface area contributed by atoms with Crippen LogP contribution in [0.2, 0.25) is 15.1 Å². The van der Waals surface area contributed by atoms with Crippen molar-refractivity contribution in [2.24, 2.45) is 0 Å². The first kappa shape index (κ1) is 17.8. The van der Waals surface area contributed by atoms with Gasteiger partial charge in [0.05, 0.1) is 27.7 Å². The molecule has 3 nitrogen and oxygen atoms in total. The van der Waals surface area contributed by atoms with Crippen LogP contribution in [-0.2, 0) is 17.4 Å². The van der Waals surface area contributed by atoms with Crippen molar-refractivity contribution in [1.29, 1.82) is 0 Å². The molecule has 2 aromatic rings. The van der Waals surface area contributed by atoms with Gasteiger partial charge in [0.1, 0.15) is 0 Å². The maximum absolute atomic E-state index is 12.8. The lowest BCUT2D eigenvalue weighted by molar-refractivity contribution is -0.139. The number of benzene rings is 1. The van der Waals surface area contributed by atoms with Crippen LogP contribution in [0.15, 0.2) is 24.4 Å². The lowest BCUT2D eigenvalue weighted by Gasteiger charge is -2.14. The zero-order chi connectivity index (χ0) is 17.4. The highest BCUT2D eigenvalue weighted by Gasteiger charge is 2.32. The van der Waals surface area contributed by atoms with E-state index in [4.69, 9.17) is 39.9 Å². The summed E-state index contributed by atoms with van der Waals surface area (Å²) < 4.78 is 38.4. The van der Waals surface area contributed by atoms with Crippen LogP contribution in [0, 0.1) is 0 Å². The Kier molecular flexibility index (Phi) is 5.08. The number of pyridine rings is 1. The van der Waals surface area contributed by atoms with Gasteiger partial charge in [-0.05, 0) is 23.8 Å². The van der Waals surface area contributed by atoms with E-state index in [0.29, 0.717) is 6.20 Å². The highest BCUT2D eigenvalue weighted by atomic mass is 35.5. The summed E-state index contributed by atoms with van der Waals surface area (Å²) in [6.07, 6.45) is -4.71. The number of rotatable bonds is 3. The van der Waals surface area contributed by atoms with E-state index in [9.17, 15) is 18.0 Å². The van der Waals surface area contributed by atoms with Crippen LogP contribution < -0.4 is 0 Å². The number of aromatic nitrogens is 1. The normalized spacial score (nSPS) is 11.6. The van der Waals surface area contributed by atoms with E-state index < -0.39 is 24.1 Å². The van der Waals surface area contributed by atoms with E-state index >= 15 is 0 Å². The third-order valence-electron chi connectivity index (χ3n) is 2.88. The molecule has 0 aliphatic rings. The molecule has 1 heterocycles. The lowest BCUT2D eigenvalue weighted by Crippen LogP contribution is -2.10. The SMILES string of the molecule is O=C(O)Cc1cc(C(F)(F)F)cnc1-c1c(Cl)cc(Cl)cc1Cl. The minimum atomic E-state index is -4.65. The molecule has 122 valence electrons. The Labute approximate surface area is 143 Å². The molecule has 0 amide bonds. The molecule has 1 aromatic carbocycles. The van der Waals surface area contributed by atoms with E-state index in [2.05, 4.69) is 4.98 Å². The van der Waals surface area contributed by atoms with Crippen molar-refractivity contribution in [3.63, 3.8) is 0 Å². The summed E-state index contributed by atoms with van der Waals surface area (Å²) in [5.41, 5.74) is -1.12. The van der Waals surface area contributed by atoms with Gasteiger partial charge in [-0.15, -0.1) is 0 Å². The molecule has 0 atom stereocenters. The quantitative estimate of drug-likeness (QED) is 0.775. The molecule has 0 aliphatic carbocycles. The smallest absolute Gasteiger partial charge is 0.417 e. The van der Waals surface area contributed by atoms with Gasteiger partial charge in [0.15, 0.2) is 0 Å². The summed E-state index contributed by atoms with van der Waals surface area (Å²) in [5.74, 6) is -1.31. The fourth-order valence-corrected chi connectivity index (χ4v) is 2.95. The van der Waals surface area contributed by atoms with E-state index in [0.717, 1.165) is 6.07 Å². The summed E-state index contributed by atoms with van der Waals surface area (Å²) in [4.78, 5) is 14.7. The predicted molar refractivity (Wildman–Crippen MR) is 81.0 cm³/mol. The van der Waals surface area contributed by atoms with Gasteiger partial charge in [0, 0.05) is 16.8 Å². The molecule has 0 spiro atoms. The summed E-state index contributed by atoms with van der Waals surface area (Å²) in [7, 11) is 0. The summed E-state index contributed by atoms with van der Waals surface area (Å²) in [6, 6.07) is 3.40. The van der Waals surface area contributed by atoms with Crippen molar-refractivity contribution in [3.05, 3.63) is 50.6 Å². The van der Waals surface area contributed by atoms with Crippen molar-refractivity contribution >= 4 is 40.8 Å². The molecule has 0 fully saturated rings. The van der Waals surface area contributed by atoms with Crippen molar-refractivity contribution in [1.82, 2.24) is 4.98 Å². The molecule has 0 saturated heterocycles. The first-order valence-electron chi connectivity index (χ1n) is 6.02. The molecule has 0 unspecified atom stereocenters. The van der Waals surface area contributed by atoms with Gasteiger partial charge >= 0.3 is 12.1 Å². The largest absolute Gasteiger partial charge is 0.481 e. The topological polar surface area (TPSA) is 50.2 Å². The van der Waals surface area contributed by atoms with Gasteiger partial charge in [-0.1, -0.05) is 34.8 Å². The average molecular weight is 385 g/mol. The Hall–Kier alpha value is -1.50. The van der Waals surface area contributed by atoms with Gasteiger partial charge < -0.3 is 5.11 Å². The molecule has 23 heavy (non-hydrogen) atoms. The molecule has 1 N–H and O–H groups in total. The van der Waals surface area contributed by atoms with E-state index in [1.165, 1.54) is 12.1 Å². The van der Waals surface area contributed by atoms with Crippen LogP contribution in [0.3, 0.4) is 0 Å². The zero-order valence-electron chi connectivity index (χ0n) is 11.1. The summed E-state index contributed by atoms with van der Waals surface area (Å²) in [6.45, 7) is 0. The Morgan fingerprint density at radius 2 is 1.70 bits per heavy atom. The number of nitrogens with zero attached hydrogens (tertiary/aromatic N) is 1. The fraction of sp³-hybridized carbons (Fsp3) is 0.143. The Bertz CT molecular complexity index is 755. The minimum Gasteiger partial charge on any atom is -0.481 e. The Balaban J connectivity index is 2.69. The number of carboxylic acids is 1. The molecule has 9 heteroatoms. The van der Waals surface area contributed by atoms with Crippen LogP contribution in [0.5, 0.6) is 0 Å². The fourth-order valence-electron chi connectivity index (χ4n) is 1.96. The number of alkyl halides is 3. The van der Waals surface area contributed by atoms with E-state index in [1.807, 2.05) is 0 Å². The molecular formula is C14H7Cl3F3NO2. The van der Waals surface area contributed by atoms with Gasteiger partial charge in [-0.3, -0.25) is 9.78 Å². The standard InChI is InChI=1S/C14H7Cl3F3NO2/c15-8-3-9(16)12(10(17)4-8)13-6(2-11(22)23)1-7(5-21-13)14(18,19)20/h1,3-5H,2H2,(H,22,23). The predicted octanol–water partition coefficient (Wildman–Crippen LogP) is 5.35. The number of aliphatic carboxylic acids is 1. The van der Waals surface area contributed by atoms with Crippen LogP contribution in [0.25, 0.3) is 11.3 Å². The molecule has 0 saturated carbocycles. The van der Waals surface area contributed by atoms with Crippen molar-refractivity contribution in [3.8, 4) is 11.3 Å². The number of carbonyl (C=O) groups is 1. The highest BCUT2D eigenvalue weighted by molar-refractivity contribution is 6.41. The zero-order valence-corrected chi connectivity index (χ0v) is 13.4. The van der Waals surface area contributed by atoms with E-state index in [-0.39, 0.29) is 31.9 Å². The molecule has 0 bridgehead atoms. The molecular weight excluding hydrogens is 378 g/mol. The molecule has 2 rings (SSSR count). The average Bonchev–Trinajstić information content (AvgIpc) is 2.37. The highest BCUT2D eigenvalue weighted by Crippen LogP contribution is 2.39. The van der Waals surface area contributed by atoms with Crippen LogP contribution >= 0.6 is 34.8 Å². The maximum Gasteiger partial charge on any atom is 0.417 e. The van der Waals surface area contributed by atoms with Gasteiger partial charge in [-0.25, -0.2) is 0 Å². The lowest BCUT2D eigenvalue weighted by atomic mass is 10.0. The molecule has 1 aromatic heterocycles. The summed E-state index contributed by atoms with van der Waals surface area (Å²) in [5, 5.41) is 9.26. The minimum absolute atomic E-state index is 0.0351. The monoisotopic (exact) mass is 383 g/mol. The third kappa shape index (κ3) is 4.07. The van der Waals surface area contributed by atoms with Gasteiger partial charge in [0.2, 0.25) is 0 Å². The Morgan fingerprint density at radius 1 is 1.13 bits per heavy atom. The molecule has 0 radical (unpaired) electrons. The third-order valence-corrected chi connectivity index (χ3v) is 3.69. The Morgan fingerprint density at radius 3 is 2.17 bits per heavy atom. The first-order valence-corrected chi connectivity index (χ1v) is 7.16. The number of halogens is 6. The first-order chi connectivity index (χ1) is 10.6. The van der Waals surface area contributed by atoms with E-state index in [1.54, 1.807) is 0 Å². The van der Waals surface area contributed by atoms with Crippen LogP contribution in [-0.4, -0.2) is 16.1 Å². The molecule has 0 aliphatic heterocycles. The number of hydrogen-bond acceptors (Lipinski definition) is 2. The second-order valence-corrected chi connectivity index (χ2v) is 5.80. The number of hydrogen-bond donors (Lipinski definition) is 1. The van der Waals surface area contributed by atoms with Crippen LogP contribution in [0.1, 0.15) is 11.1 Å². The van der Waals surface area contributed by atoms with Crippen molar-refractivity contribution in [2.45, 2.75) is 12.6 Å². The second-order valence-electron chi connectivity index (χ2n) is 4.54. The van der Waals surface area contributed by atoms with Crippen molar-refractivity contribution in [2.75, 3.05) is 0 Å².